The lowest BCUT2D eigenvalue weighted by Gasteiger charge is -2.35. The standard InChI is InChI=1S/C12H22N4OS/c1-3-5-11-14-12(18-15-11)16-6-7-17-9-10(16)8-13-4-2/h10,13H,3-9H2,1-2H3. The summed E-state index contributed by atoms with van der Waals surface area (Å²) < 4.78 is 9.98. The summed E-state index contributed by atoms with van der Waals surface area (Å²) in [4.78, 5) is 6.97. The quantitative estimate of drug-likeness (QED) is 0.844. The van der Waals surface area contributed by atoms with Gasteiger partial charge >= 0.3 is 0 Å². The van der Waals surface area contributed by atoms with E-state index in [0.717, 1.165) is 56.6 Å². The van der Waals surface area contributed by atoms with Crippen LogP contribution in [0.1, 0.15) is 26.1 Å². The van der Waals surface area contributed by atoms with Gasteiger partial charge in [-0.15, -0.1) is 0 Å². The lowest BCUT2D eigenvalue weighted by atomic mass is 10.2. The highest BCUT2D eigenvalue weighted by Crippen LogP contribution is 2.22. The van der Waals surface area contributed by atoms with E-state index in [4.69, 9.17) is 4.74 Å². The average molecular weight is 270 g/mol. The summed E-state index contributed by atoms with van der Waals surface area (Å²) in [6, 6.07) is 0.376. The van der Waals surface area contributed by atoms with Crippen LogP contribution in [-0.4, -0.2) is 48.2 Å². The zero-order valence-electron chi connectivity index (χ0n) is 11.2. The minimum atomic E-state index is 0.376. The number of aromatic nitrogens is 2. The van der Waals surface area contributed by atoms with Gasteiger partial charge in [-0.05, 0) is 13.0 Å². The third-order valence-corrected chi connectivity index (χ3v) is 3.83. The van der Waals surface area contributed by atoms with Crippen molar-refractivity contribution in [2.45, 2.75) is 32.7 Å². The molecule has 1 unspecified atom stereocenters. The molecule has 0 saturated carbocycles. The van der Waals surface area contributed by atoms with Gasteiger partial charge in [0.15, 0.2) is 0 Å². The number of aryl methyl sites for hydroxylation is 1. The summed E-state index contributed by atoms with van der Waals surface area (Å²) in [5.41, 5.74) is 0. The Balaban J connectivity index is 2.02. The smallest absolute Gasteiger partial charge is 0.205 e. The molecule has 102 valence electrons. The fourth-order valence-electron chi connectivity index (χ4n) is 2.07. The molecule has 1 N–H and O–H groups in total. The van der Waals surface area contributed by atoms with Crippen LogP contribution in [0, 0.1) is 0 Å². The van der Waals surface area contributed by atoms with E-state index in [1.54, 1.807) is 0 Å². The number of hydrogen-bond acceptors (Lipinski definition) is 6. The second kappa shape index (κ2) is 7.01. The summed E-state index contributed by atoms with van der Waals surface area (Å²) in [6.45, 7) is 8.68. The molecule has 0 aliphatic carbocycles. The largest absolute Gasteiger partial charge is 0.377 e. The van der Waals surface area contributed by atoms with Crippen molar-refractivity contribution in [2.24, 2.45) is 0 Å². The van der Waals surface area contributed by atoms with Crippen molar-refractivity contribution >= 4 is 16.7 Å². The molecule has 1 aliphatic heterocycles. The highest BCUT2D eigenvalue weighted by Gasteiger charge is 2.25. The number of rotatable bonds is 6. The van der Waals surface area contributed by atoms with Gasteiger partial charge in [-0.25, -0.2) is 4.98 Å². The first kappa shape index (κ1) is 13.7. The highest BCUT2D eigenvalue weighted by molar-refractivity contribution is 7.09. The SMILES string of the molecule is CCCc1nsc(N2CCOCC2CNCC)n1. The first-order valence-corrected chi connectivity index (χ1v) is 7.50. The number of likely N-dealkylation sites (N-methyl/N-ethyl adjacent to an activating group) is 1. The molecule has 1 saturated heterocycles. The summed E-state index contributed by atoms with van der Waals surface area (Å²) in [6.07, 6.45) is 2.07. The Hall–Kier alpha value is -0.720. The summed E-state index contributed by atoms with van der Waals surface area (Å²) in [5.74, 6) is 0.978. The van der Waals surface area contributed by atoms with Gasteiger partial charge in [-0.2, -0.15) is 4.37 Å². The molecule has 2 rings (SSSR count). The van der Waals surface area contributed by atoms with Crippen LogP contribution in [0.15, 0.2) is 0 Å². The normalized spacial score (nSPS) is 20.3. The first-order chi connectivity index (χ1) is 8.85. The molecule has 1 aliphatic rings. The Kier molecular flexibility index (Phi) is 5.34. The molecule has 1 atom stereocenters. The molecule has 5 nitrogen and oxygen atoms in total. The highest BCUT2D eigenvalue weighted by atomic mass is 32.1. The number of ether oxygens (including phenoxy) is 1. The van der Waals surface area contributed by atoms with Crippen LogP contribution in [0.3, 0.4) is 0 Å². The van der Waals surface area contributed by atoms with Crippen LogP contribution >= 0.6 is 11.5 Å². The minimum Gasteiger partial charge on any atom is -0.377 e. The molecule has 1 aromatic heterocycles. The number of nitrogens with one attached hydrogen (secondary N) is 1. The van der Waals surface area contributed by atoms with E-state index < -0.39 is 0 Å². The minimum absolute atomic E-state index is 0.376. The van der Waals surface area contributed by atoms with Crippen molar-refractivity contribution in [3.63, 3.8) is 0 Å². The maximum absolute atomic E-state index is 5.56. The Bertz CT molecular complexity index is 358. The summed E-state index contributed by atoms with van der Waals surface area (Å²) in [5, 5.41) is 4.43. The third-order valence-electron chi connectivity index (χ3n) is 3.03. The number of morpholine rings is 1. The van der Waals surface area contributed by atoms with E-state index >= 15 is 0 Å². The van der Waals surface area contributed by atoms with Gasteiger partial charge in [0, 0.05) is 31.0 Å². The zero-order chi connectivity index (χ0) is 12.8. The van der Waals surface area contributed by atoms with E-state index in [-0.39, 0.29) is 0 Å². The number of anilines is 1. The fourth-order valence-corrected chi connectivity index (χ4v) is 2.88. The van der Waals surface area contributed by atoms with Crippen LogP contribution in [0.25, 0.3) is 0 Å². The molecule has 0 aromatic carbocycles. The lowest BCUT2D eigenvalue weighted by molar-refractivity contribution is 0.0939. The molecule has 0 radical (unpaired) electrons. The maximum atomic E-state index is 5.56. The van der Waals surface area contributed by atoms with E-state index in [1.807, 2.05) is 0 Å². The van der Waals surface area contributed by atoms with Crippen LogP contribution in [0.2, 0.25) is 0 Å². The van der Waals surface area contributed by atoms with Crippen molar-refractivity contribution in [1.82, 2.24) is 14.7 Å². The maximum Gasteiger partial charge on any atom is 0.205 e. The number of nitrogens with zero attached hydrogens (tertiary/aromatic N) is 3. The molecule has 0 spiro atoms. The topological polar surface area (TPSA) is 50.3 Å². The van der Waals surface area contributed by atoms with Gasteiger partial charge in [-0.3, -0.25) is 0 Å². The van der Waals surface area contributed by atoms with E-state index in [9.17, 15) is 0 Å². The Morgan fingerprint density at radius 2 is 2.39 bits per heavy atom. The molecule has 18 heavy (non-hydrogen) atoms. The van der Waals surface area contributed by atoms with Gasteiger partial charge in [-0.1, -0.05) is 13.8 Å². The van der Waals surface area contributed by atoms with Gasteiger partial charge < -0.3 is 15.0 Å². The summed E-state index contributed by atoms with van der Waals surface area (Å²) >= 11 is 1.51. The second-order valence-corrected chi connectivity index (χ2v) is 5.20. The average Bonchev–Trinajstić information content (AvgIpc) is 2.86. The van der Waals surface area contributed by atoms with Crippen LogP contribution < -0.4 is 10.2 Å². The first-order valence-electron chi connectivity index (χ1n) is 6.72. The monoisotopic (exact) mass is 270 g/mol. The predicted molar refractivity (Wildman–Crippen MR) is 74.4 cm³/mol. The molecule has 0 bridgehead atoms. The zero-order valence-corrected chi connectivity index (χ0v) is 12.0. The van der Waals surface area contributed by atoms with Gasteiger partial charge in [0.05, 0.1) is 19.3 Å². The van der Waals surface area contributed by atoms with Crippen molar-refractivity contribution in [3.8, 4) is 0 Å². The Labute approximate surface area is 113 Å². The molecule has 1 fully saturated rings. The fraction of sp³-hybridized carbons (Fsp3) is 0.833. The Morgan fingerprint density at radius 1 is 1.50 bits per heavy atom. The second-order valence-electron chi connectivity index (χ2n) is 4.47. The van der Waals surface area contributed by atoms with Crippen molar-refractivity contribution in [1.29, 1.82) is 0 Å². The van der Waals surface area contributed by atoms with Crippen LogP contribution in [0.5, 0.6) is 0 Å². The van der Waals surface area contributed by atoms with E-state index in [1.165, 1.54) is 11.5 Å². The van der Waals surface area contributed by atoms with E-state index in [2.05, 4.69) is 33.4 Å². The van der Waals surface area contributed by atoms with Gasteiger partial charge in [0.25, 0.3) is 0 Å². The molecule has 0 amide bonds. The Morgan fingerprint density at radius 3 is 3.17 bits per heavy atom. The number of hydrogen-bond donors (Lipinski definition) is 1. The molecule has 2 heterocycles. The van der Waals surface area contributed by atoms with Gasteiger partial charge in [0.1, 0.15) is 5.82 Å². The molecular formula is C12H22N4OS. The molecular weight excluding hydrogens is 248 g/mol. The molecule has 6 heteroatoms. The lowest BCUT2D eigenvalue weighted by Crippen LogP contribution is -2.50. The van der Waals surface area contributed by atoms with E-state index in [0.29, 0.717) is 6.04 Å². The predicted octanol–water partition coefficient (Wildman–Crippen LogP) is 1.31. The van der Waals surface area contributed by atoms with Crippen molar-refractivity contribution in [2.75, 3.05) is 37.7 Å². The van der Waals surface area contributed by atoms with Crippen molar-refractivity contribution in [3.05, 3.63) is 5.82 Å². The van der Waals surface area contributed by atoms with Crippen LogP contribution in [-0.2, 0) is 11.2 Å². The summed E-state index contributed by atoms with van der Waals surface area (Å²) in [7, 11) is 0. The van der Waals surface area contributed by atoms with Crippen LogP contribution in [0.4, 0.5) is 5.13 Å². The molecule has 1 aromatic rings. The third kappa shape index (κ3) is 3.40. The van der Waals surface area contributed by atoms with Gasteiger partial charge in [0.2, 0.25) is 5.13 Å². The van der Waals surface area contributed by atoms with Crippen molar-refractivity contribution < 1.29 is 4.74 Å².